The van der Waals surface area contributed by atoms with Gasteiger partial charge < -0.3 is 10.1 Å². The lowest BCUT2D eigenvalue weighted by molar-refractivity contribution is 0.0602. The van der Waals surface area contributed by atoms with Crippen molar-refractivity contribution in [1.82, 2.24) is 4.72 Å². The Kier molecular flexibility index (Phi) is 6.12. The SMILES string of the molecule is COC(=O)c1ccccc1NC(=O)c1ccc(S(=O)(=O)NC(C)C)cc1. The number of ether oxygens (including phenoxy) is 1. The molecular weight excluding hydrogens is 356 g/mol. The molecule has 0 heterocycles. The highest BCUT2D eigenvalue weighted by molar-refractivity contribution is 7.89. The number of esters is 1. The summed E-state index contributed by atoms with van der Waals surface area (Å²) in [5, 5.41) is 2.63. The van der Waals surface area contributed by atoms with Crippen LogP contribution in [0, 0.1) is 0 Å². The lowest BCUT2D eigenvalue weighted by atomic mass is 10.1. The molecule has 7 nitrogen and oxygen atoms in total. The molecule has 0 saturated carbocycles. The fourth-order valence-electron chi connectivity index (χ4n) is 2.24. The van der Waals surface area contributed by atoms with Gasteiger partial charge in [-0.15, -0.1) is 0 Å². The standard InChI is InChI=1S/C18H20N2O5S/c1-12(2)20-26(23,24)14-10-8-13(9-11-14)17(21)19-16-7-5-4-6-15(16)18(22)25-3/h4-12,20H,1-3H3,(H,19,21). The first-order valence-corrected chi connectivity index (χ1v) is 9.34. The third-order valence-electron chi connectivity index (χ3n) is 3.40. The van der Waals surface area contributed by atoms with Crippen molar-refractivity contribution in [1.29, 1.82) is 0 Å². The van der Waals surface area contributed by atoms with Gasteiger partial charge in [0.05, 0.1) is 23.3 Å². The fraction of sp³-hybridized carbons (Fsp3) is 0.222. The number of anilines is 1. The Hall–Kier alpha value is -2.71. The van der Waals surface area contributed by atoms with Gasteiger partial charge in [-0.3, -0.25) is 4.79 Å². The number of amides is 1. The van der Waals surface area contributed by atoms with Crippen LogP contribution in [0.15, 0.2) is 53.4 Å². The highest BCUT2D eigenvalue weighted by Gasteiger charge is 2.17. The first-order valence-electron chi connectivity index (χ1n) is 7.85. The van der Waals surface area contributed by atoms with E-state index in [1.807, 2.05) is 0 Å². The van der Waals surface area contributed by atoms with Gasteiger partial charge in [-0.1, -0.05) is 12.1 Å². The van der Waals surface area contributed by atoms with Crippen LogP contribution in [-0.4, -0.2) is 33.4 Å². The summed E-state index contributed by atoms with van der Waals surface area (Å²) in [6, 6.07) is 11.7. The molecule has 0 aliphatic rings. The van der Waals surface area contributed by atoms with Crippen molar-refractivity contribution in [3.8, 4) is 0 Å². The molecule has 8 heteroatoms. The molecule has 0 aromatic heterocycles. The maximum absolute atomic E-state index is 12.4. The zero-order valence-corrected chi connectivity index (χ0v) is 15.5. The third kappa shape index (κ3) is 4.68. The Bertz CT molecular complexity index is 905. The van der Waals surface area contributed by atoms with Crippen LogP contribution in [0.2, 0.25) is 0 Å². The molecule has 0 aliphatic heterocycles. The summed E-state index contributed by atoms with van der Waals surface area (Å²) in [6.45, 7) is 3.44. The Morgan fingerprint density at radius 2 is 1.62 bits per heavy atom. The van der Waals surface area contributed by atoms with E-state index < -0.39 is 21.9 Å². The largest absolute Gasteiger partial charge is 0.465 e. The molecule has 0 radical (unpaired) electrons. The molecule has 2 N–H and O–H groups in total. The number of carbonyl (C=O) groups excluding carboxylic acids is 2. The van der Waals surface area contributed by atoms with E-state index in [2.05, 4.69) is 14.8 Å². The van der Waals surface area contributed by atoms with E-state index in [9.17, 15) is 18.0 Å². The van der Waals surface area contributed by atoms with Gasteiger partial charge in [0, 0.05) is 11.6 Å². The van der Waals surface area contributed by atoms with Crippen molar-refractivity contribution < 1.29 is 22.7 Å². The molecule has 138 valence electrons. The number of sulfonamides is 1. The lowest BCUT2D eigenvalue weighted by Crippen LogP contribution is -2.30. The maximum Gasteiger partial charge on any atom is 0.339 e. The van der Waals surface area contributed by atoms with Crippen molar-refractivity contribution in [3.63, 3.8) is 0 Å². The summed E-state index contributed by atoms with van der Waals surface area (Å²) in [5.74, 6) is -1.04. The topological polar surface area (TPSA) is 102 Å². The van der Waals surface area contributed by atoms with Gasteiger partial charge in [-0.25, -0.2) is 17.9 Å². The summed E-state index contributed by atoms with van der Waals surface area (Å²) in [6.07, 6.45) is 0. The summed E-state index contributed by atoms with van der Waals surface area (Å²) in [5.41, 5.74) is 0.791. The van der Waals surface area contributed by atoms with Crippen LogP contribution in [0.1, 0.15) is 34.6 Å². The molecule has 0 aliphatic carbocycles. The number of para-hydroxylation sites is 1. The average Bonchev–Trinajstić information content (AvgIpc) is 2.60. The second kappa shape index (κ2) is 8.11. The van der Waals surface area contributed by atoms with Crippen molar-refractivity contribution in [3.05, 3.63) is 59.7 Å². The number of hydrogen-bond acceptors (Lipinski definition) is 5. The van der Waals surface area contributed by atoms with Crippen molar-refractivity contribution in [2.24, 2.45) is 0 Å². The number of benzene rings is 2. The van der Waals surface area contributed by atoms with Crippen molar-refractivity contribution in [2.75, 3.05) is 12.4 Å². The Labute approximate surface area is 152 Å². The molecule has 0 fully saturated rings. The lowest BCUT2D eigenvalue weighted by Gasteiger charge is -2.11. The number of hydrogen-bond donors (Lipinski definition) is 2. The first-order chi connectivity index (χ1) is 12.2. The molecule has 2 aromatic rings. The summed E-state index contributed by atoms with van der Waals surface area (Å²) in [7, 11) is -2.37. The molecule has 0 unspecified atom stereocenters. The predicted octanol–water partition coefficient (Wildman–Crippen LogP) is 2.41. The van der Waals surface area contributed by atoms with Crippen molar-refractivity contribution in [2.45, 2.75) is 24.8 Å². The van der Waals surface area contributed by atoms with Gasteiger partial charge >= 0.3 is 5.97 Å². The van der Waals surface area contributed by atoms with E-state index in [1.165, 1.54) is 37.4 Å². The summed E-state index contributed by atoms with van der Waals surface area (Å²) in [4.78, 5) is 24.2. The number of methoxy groups -OCH3 is 1. The Morgan fingerprint density at radius 1 is 1.00 bits per heavy atom. The zero-order chi connectivity index (χ0) is 19.3. The highest BCUT2D eigenvalue weighted by atomic mass is 32.2. The maximum atomic E-state index is 12.4. The average molecular weight is 376 g/mol. The van der Waals surface area contributed by atoms with Crippen LogP contribution in [-0.2, 0) is 14.8 Å². The van der Waals surface area contributed by atoms with Gasteiger partial charge in [0.15, 0.2) is 0 Å². The minimum absolute atomic E-state index is 0.0673. The molecule has 2 aromatic carbocycles. The van der Waals surface area contributed by atoms with Crippen LogP contribution in [0.5, 0.6) is 0 Å². The van der Waals surface area contributed by atoms with Crippen LogP contribution in [0.4, 0.5) is 5.69 Å². The van der Waals surface area contributed by atoms with Gasteiger partial charge in [-0.2, -0.15) is 0 Å². The quantitative estimate of drug-likeness (QED) is 0.754. The molecular formula is C18H20N2O5S. The number of nitrogens with one attached hydrogen (secondary N) is 2. The third-order valence-corrected chi connectivity index (χ3v) is 5.07. The van der Waals surface area contributed by atoms with E-state index in [0.29, 0.717) is 5.69 Å². The highest BCUT2D eigenvalue weighted by Crippen LogP contribution is 2.18. The predicted molar refractivity (Wildman–Crippen MR) is 97.6 cm³/mol. The smallest absolute Gasteiger partial charge is 0.339 e. The minimum Gasteiger partial charge on any atom is -0.465 e. The first kappa shape index (κ1) is 19.6. The van der Waals surface area contributed by atoms with E-state index in [-0.39, 0.29) is 22.1 Å². The second-order valence-corrected chi connectivity index (χ2v) is 7.51. The Balaban J connectivity index is 2.21. The van der Waals surface area contributed by atoms with E-state index in [0.717, 1.165) is 0 Å². The van der Waals surface area contributed by atoms with Gasteiger partial charge in [-0.05, 0) is 50.2 Å². The molecule has 26 heavy (non-hydrogen) atoms. The molecule has 1 amide bonds. The summed E-state index contributed by atoms with van der Waals surface area (Å²) < 4.78 is 31.4. The molecule has 2 rings (SSSR count). The Morgan fingerprint density at radius 3 is 2.19 bits per heavy atom. The normalized spacial score (nSPS) is 11.2. The molecule has 0 bridgehead atoms. The zero-order valence-electron chi connectivity index (χ0n) is 14.6. The molecule has 0 spiro atoms. The molecule has 0 saturated heterocycles. The van der Waals surface area contributed by atoms with E-state index in [4.69, 9.17) is 0 Å². The molecule has 0 atom stereocenters. The monoisotopic (exact) mass is 376 g/mol. The van der Waals surface area contributed by atoms with E-state index >= 15 is 0 Å². The van der Waals surface area contributed by atoms with Gasteiger partial charge in [0.25, 0.3) is 5.91 Å². The number of carbonyl (C=O) groups is 2. The summed E-state index contributed by atoms with van der Waals surface area (Å²) >= 11 is 0. The van der Waals surface area contributed by atoms with Crippen molar-refractivity contribution >= 4 is 27.6 Å². The van der Waals surface area contributed by atoms with Crippen LogP contribution < -0.4 is 10.0 Å². The number of rotatable bonds is 6. The van der Waals surface area contributed by atoms with Gasteiger partial charge in [0.2, 0.25) is 10.0 Å². The van der Waals surface area contributed by atoms with Crippen LogP contribution in [0.3, 0.4) is 0 Å². The van der Waals surface area contributed by atoms with Crippen LogP contribution >= 0.6 is 0 Å². The van der Waals surface area contributed by atoms with E-state index in [1.54, 1.807) is 32.0 Å². The van der Waals surface area contributed by atoms with Gasteiger partial charge in [0.1, 0.15) is 0 Å². The minimum atomic E-state index is -3.63. The second-order valence-electron chi connectivity index (χ2n) is 5.79. The fourth-order valence-corrected chi connectivity index (χ4v) is 3.49. The van der Waals surface area contributed by atoms with Crippen LogP contribution in [0.25, 0.3) is 0 Å².